The van der Waals surface area contributed by atoms with E-state index in [0.717, 1.165) is 17.9 Å². The Balaban J connectivity index is 1.51. The van der Waals surface area contributed by atoms with Crippen molar-refractivity contribution in [2.24, 2.45) is 0 Å². The highest BCUT2D eigenvalue weighted by Gasteiger charge is 2.09. The van der Waals surface area contributed by atoms with Gasteiger partial charge >= 0.3 is 0 Å². The third-order valence-electron chi connectivity index (χ3n) is 4.38. The molecule has 2 aromatic carbocycles. The fourth-order valence-electron chi connectivity index (χ4n) is 2.74. The molecule has 0 radical (unpaired) electrons. The van der Waals surface area contributed by atoms with Crippen LogP contribution in [0.1, 0.15) is 16.1 Å². The van der Waals surface area contributed by atoms with Gasteiger partial charge in [0, 0.05) is 32.0 Å². The maximum Gasteiger partial charge on any atom is 0.275 e. The Morgan fingerprint density at radius 1 is 1.07 bits per heavy atom. The third-order valence-corrected chi connectivity index (χ3v) is 4.38. The number of ether oxygens (including phenoxy) is 1. The molecule has 7 nitrogen and oxygen atoms in total. The SMILES string of the molecule is COc1cccc(CCNc2cnc(C(=O)Nc3ccc(N(C)C)cc3)cn2)c1. The fourth-order valence-corrected chi connectivity index (χ4v) is 2.74. The molecule has 0 spiro atoms. The normalized spacial score (nSPS) is 10.3. The highest BCUT2D eigenvalue weighted by Crippen LogP contribution is 2.16. The van der Waals surface area contributed by atoms with Crippen LogP contribution >= 0.6 is 0 Å². The summed E-state index contributed by atoms with van der Waals surface area (Å²) in [6.07, 6.45) is 3.86. The predicted octanol–water partition coefficient (Wildman–Crippen LogP) is 3.46. The van der Waals surface area contributed by atoms with Gasteiger partial charge in [-0.2, -0.15) is 0 Å². The number of hydrogen-bond acceptors (Lipinski definition) is 6. The molecule has 0 saturated carbocycles. The summed E-state index contributed by atoms with van der Waals surface area (Å²) in [6.45, 7) is 0.700. The Kier molecular flexibility index (Phi) is 6.63. The Morgan fingerprint density at radius 2 is 1.86 bits per heavy atom. The molecule has 0 aliphatic carbocycles. The molecule has 0 aliphatic heterocycles. The van der Waals surface area contributed by atoms with Gasteiger partial charge in [0.2, 0.25) is 0 Å². The zero-order valence-corrected chi connectivity index (χ0v) is 16.8. The Hall–Kier alpha value is -3.61. The summed E-state index contributed by atoms with van der Waals surface area (Å²) in [5.74, 6) is 1.17. The average molecular weight is 391 g/mol. The molecule has 0 aliphatic rings. The Morgan fingerprint density at radius 3 is 2.52 bits per heavy atom. The number of aromatic nitrogens is 2. The van der Waals surface area contributed by atoms with Crippen LogP contribution < -0.4 is 20.3 Å². The lowest BCUT2D eigenvalue weighted by molar-refractivity contribution is 0.102. The van der Waals surface area contributed by atoms with Crippen LogP contribution in [0.3, 0.4) is 0 Å². The summed E-state index contributed by atoms with van der Waals surface area (Å²) < 4.78 is 5.23. The van der Waals surface area contributed by atoms with E-state index in [-0.39, 0.29) is 11.6 Å². The van der Waals surface area contributed by atoms with Crippen LogP contribution in [0.2, 0.25) is 0 Å². The van der Waals surface area contributed by atoms with Crippen molar-refractivity contribution < 1.29 is 9.53 Å². The van der Waals surface area contributed by atoms with Crippen molar-refractivity contribution >= 4 is 23.1 Å². The average Bonchev–Trinajstić information content (AvgIpc) is 2.74. The van der Waals surface area contributed by atoms with Crippen LogP contribution in [-0.2, 0) is 6.42 Å². The molecule has 3 aromatic rings. The highest BCUT2D eigenvalue weighted by atomic mass is 16.5. The fraction of sp³-hybridized carbons (Fsp3) is 0.227. The molecule has 2 N–H and O–H groups in total. The van der Waals surface area contributed by atoms with E-state index in [2.05, 4.69) is 20.6 Å². The van der Waals surface area contributed by atoms with Crippen LogP contribution in [-0.4, -0.2) is 43.6 Å². The van der Waals surface area contributed by atoms with Crippen molar-refractivity contribution in [1.29, 1.82) is 0 Å². The molecule has 0 fully saturated rings. The van der Waals surface area contributed by atoms with Gasteiger partial charge in [-0.25, -0.2) is 9.97 Å². The van der Waals surface area contributed by atoms with Crippen molar-refractivity contribution in [1.82, 2.24) is 9.97 Å². The van der Waals surface area contributed by atoms with Gasteiger partial charge in [0.15, 0.2) is 0 Å². The smallest absolute Gasteiger partial charge is 0.275 e. The van der Waals surface area contributed by atoms with E-state index < -0.39 is 0 Å². The molecule has 0 unspecified atom stereocenters. The molecule has 3 rings (SSSR count). The molecule has 0 saturated heterocycles. The van der Waals surface area contributed by atoms with Crippen molar-refractivity contribution in [2.75, 3.05) is 43.3 Å². The largest absolute Gasteiger partial charge is 0.497 e. The van der Waals surface area contributed by atoms with E-state index in [4.69, 9.17) is 4.74 Å². The van der Waals surface area contributed by atoms with Gasteiger partial charge in [0.05, 0.1) is 19.5 Å². The second-order valence-electron chi connectivity index (χ2n) is 6.71. The van der Waals surface area contributed by atoms with Gasteiger partial charge in [-0.15, -0.1) is 0 Å². The zero-order valence-electron chi connectivity index (χ0n) is 16.8. The van der Waals surface area contributed by atoms with E-state index in [1.807, 2.05) is 67.5 Å². The molecule has 1 aromatic heterocycles. The number of hydrogen-bond donors (Lipinski definition) is 2. The molecular weight excluding hydrogens is 366 g/mol. The van der Waals surface area contributed by atoms with E-state index in [0.29, 0.717) is 18.1 Å². The predicted molar refractivity (Wildman–Crippen MR) is 116 cm³/mol. The Bertz CT molecular complexity index is 940. The first kappa shape index (κ1) is 20.1. The molecule has 1 amide bonds. The van der Waals surface area contributed by atoms with Gasteiger partial charge < -0.3 is 20.3 Å². The number of anilines is 3. The summed E-state index contributed by atoms with van der Waals surface area (Å²) in [5, 5.41) is 6.04. The quantitative estimate of drug-likeness (QED) is 0.612. The minimum atomic E-state index is -0.293. The topological polar surface area (TPSA) is 79.4 Å². The van der Waals surface area contributed by atoms with Gasteiger partial charge in [-0.1, -0.05) is 12.1 Å². The second kappa shape index (κ2) is 9.54. The number of carbonyl (C=O) groups excluding carboxylic acids is 1. The summed E-state index contributed by atoms with van der Waals surface area (Å²) in [6, 6.07) is 15.5. The highest BCUT2D eigenvalue weighted by molar-refractivity contribution is 6.02. The van der Waals surface area contributed by atoms with Crippen LogP contribution in [0, 0.1) is 0 Å². The standard InChI is InChI=1S/C22H25N5O2/c1-27(2)18-9-7-17(8-10-18)26-22(28)20-14-25-21(15-24-20)23-12-11-16-5-4-6-19(13-16)29-3/h4-10,13-15H,11-12H2,1-3H3,(H,23,25)(H,26,28). The number of nitrogens with one attached hydrogen (secondary N) is 2. The summed E-state index contributed by atoms with van der Waals surface area (Å²) in [7, 11) is 5.59. The third kappa shape index (κ3) is 5.68. The number of carbonyl (C=O) groups is 1. The molecule has 1 heterocycles. The summed E-state index contributed by atoms with van der Waals surface area (Å²) >= 11 is 0. The number of benzene rings is 2. The molecule has 0 bridgehead atoms. The molecule has 7 heteroatoms. The summed E-state index contributed by atoms with van der Waals surface area (Å²) in [5.41, 5.74) is 3.20. The van der Waals surface area contributed by atoms with E-state index >= 15 is 0 Å². The van der Waals surface area contributed by atoms with Crippen LogP contribution in [0.25, 0.3) is 0 Å². The maximum atomic E-state index is 12.3. The minimum Gasteiger partial charge on any atom is -0.497 e. The molecule has 29 heavy (non-hydrogen) atoms. The molecular formula is C22H25N5O2. The lowest BCUT2D eigenvalue weighted by atomic mass is 10.1. The number of methoxy groups -OCH3 is 1. The number of amides is 1. The van der Waals surface area contributed by atoms with E-state index in [1.165, 1.54) is 11.8 Å². The number of nitrogens with zero attached hydrogens (tertiary/aromatic N) is 3. The van der Waals surface area contributed by atoms with Crippen molar-refractivity contribution in [3.8, 4) is 5.75 Å². The van der Waals surface area contributed by atoms with Gasteiger partial charge in [0.25, 0.3) is 5.91 Å². The lowest BCUT2D eigenvalue weighted by Crippen LogP contribution is -2.15. The monoisotopic (exact) mass is 391 g/mol. The summed E-state index contributed by atoms with van der Waals surface area (Å²) in [4.78, 5) is 22.8. The first-order valence-electron chi connectivity index (χ1n) is 9.33. The van der Waals surface area contributed by atoms with E-state index in [9.17, 15) is 4.79 Å². The first-order valence-corrected chi connectivity index (χ1v) is 9.33. The lowest BCUT2D eigenvalue weighted by Gasteiger charge is -2.13. The molecule has 150 valence electrons. The van der Waals surface area contributed by atoms with E-state index in [1.54, 1.807) is 13.3 Å². The number of rotatable bonds is 8. The van der Waals surface area contributed by atoms with Crippen molar-refractivity contribution in [3.05, 3.63) is 72.2 Å². The minimum absolute atomic E-state index is 0.264. The molecule has 0 atom stereocenters. The second-order valence-corrected chi connectivity index (χ2v) is 6.71. The van der Waals surface area contributed by atoms with Gasteiger partial charge in [-0.3, -0.25) is 4.79 Å². The maximum absolute atomic E-state index is 12.3. The Labute approximate surface area is 170 Å². The van der Waals surface area contributed by atoms with Crippen molar-refractivity contribution in [3.63, 3.8) is 0 Å². The first-order chi connectivity index (χ1) is 14.0. The van der Waals surface area contributed by atoms with Gasteiger partial charge in [0.1, 0.15) is 17.3 Å². The van der Waals surface area contributed by atoms with Crippen molar-refractivity contribution in [2.45, 2.75) is 6.42 Å². The van der Waals surface area contributed by atoms with Gasteiger partial charge in [-0.05, 0) is 48.4 Å². The van der Waals surface area contributed by atoms with Crippen LogP contribution in [0.15, 0.2) is 60.9 Å². The zero-order chi connectivity index (χ0) is 20.6. The van der Waals surface area contributed by atoms with Crippen LogP contribution in [0.4, 0.5) is 17.2 Å². The van der Waals surface area contributed by atoms with Crippen LogP contribution in [0.5, 0.6) is 5.75 Å².